The summed E-state index contributed by atoms with van der Waals surface area (Å²) in [5.74, 6) is -0.712. The van der Waals surface area contributed by atoms with Crippen LogP contribution in [0.2, 0.25) is 0 Å². The molecule has 0 aromatic heterocycles. The van der Waals surface area contributed by atoms with Gasteiger partial charge < -0.3 is 15.2 Å². The smallest absolute Gasteiger partial charge is 0.335 e. The van der Waals surface area contributed by atoms with E-state index in [0.29, 0.717) is 15.8 Å². The van der Waals surface area contributed by atoms with Gasteiger partial charge >= 0.3 is 5.97 Å². The number of carboxylic acid groups (broad SMARTS) is 1. The number of benzene rings is 2. The summed E-state index contributed by atoms with van der Waals surface area (Å²) in [5.41, 5.74) is 1.84. The van der Waals surface area contributed by atoms with Crippen molar-refractivity contribution < 1.29 is 19.4 Å². The van der Waals surface area contributed by atoms with Gasteiger partial charge in [-0.3, -0.25) is 4.79 Å². The van der Waals surface area contributed by atoms with Gasteiger partial charge in [0.2, 0.25) is 0 Å². The van der Waals surface area contributed by atoms with E-state index in [4.69, 9.17) is 9.84 Å². The van der Waals surface area contributed by atoms with Gasteiger partial charge in [-0.05, 0) is 70.2 Å². The van der Waals surface area contributed by atoms with Crippen LogP contribution in [0, 0.1) is 11.3 Å². The van der Waals surface area contributed by atoms with Crippen molar-refractivity contribution in [2.45, 2.75) is 38.3 Å². The summed E-state index contributed by atoms with van der Waals surface area (Å²) < 4.78 is 6.47. The van der Waals surface area contributed by atoms with Crippen LogP contribution >= 0.6 is 15.9 Å². The standard InChI is InChI=1S/C23H21BrN2O4/c24-20-12-16(11-18(13-25)22(27)26-19-3-1-2-4-19)7-10-21(20)30-14-15-5-8-17(9-6-15)23(28)29/h5-12,19H,1-4,14H2,(H,26,27)(H,28,29)/b18-11-. The summed E-state index contributed by atoms with van der Waals surface area (Å²) in [7, 11) is 0. The molecule has 2 aromatic rings. The zero-order valence-corrected chi connectivity index (χ0v) is 17.8. The number of carbonyl (C=O) groups is 2. The lowest BCUT2D eigenvalue weighted by molar-refractivity contribution is -0.117. The number of nitrogens with one attached hydrogen (secondary N) is 1. The number of nitriles is 1. The van der Waals surface area contributed by atoms with E-state index in [2.05, 4.69) is 21.2 Å². The first-order valence-corrected chi connectivity index (χ1v) is 10.4. The minimum absolute atomic E-state index is 0.0704. The Kier molecular flexibility index (Phi) is 7.26. The molecule has 0 aliphatic heterocycles. The number of hydrogen-bond acceptors (Lipinski definition) is 4. The van der Waals surface area contributed by atoms with Crippen LogP contribution in [0.3, 0.4) is 0 Å². The average Bonchev–Trinajstić information content (AvgIpc) is 3.24. The molecule has 0 atom stereocenters. The highest BCUT2D eigenvalue weighted by molar-refractivity contribution is 9.10. The largest absolute Gasteiger partial charge is 0.488 e. The third kappa shape index (κ3) is 5.71. The first kappa shape index (κ1) is 21.6. The Labute approximate surface area is 183 Å². The molecule has 30 heavy (non-hydrogen) atoms. The van der Waals surface area contributed by atoms with E-state index in [0.717, 1.165) is 31.2 Å². The minimum Gasteiger partial charge on any atom is -0.488 e. The molecule has 0 saturated heterocycles. The predicted molar refractivity (Wildman–Crippen MR) is 116 cm³/mol. The number of rotatable bonds is 7. The van der Waals surface area contributed by atoms with E-state index in [1.165, 1.54) is 12.1 Å². The fourth-order valence-electron chi connectivity index (χ4n) is 3.28. The zero-order valence-electron chi connectivity index (χ0n) is 16.2. The van der Waals surface area contributed by atoms with Gasteiger partial charge in [-0.2, -0.15) is 5.26 Å². The van der Waals surface area contributed by atoms with Crippen molar-refractivity contribution in [2.24, 2.45) is 0 Å². The van der Waals surface area contributed by atoms with Crippen molar-refractivity contribution in [1.82, 2.24) is 5.32 Å². The number of ether oxygens (including phenoxy) is 1. The molecule has 0 radical (unpaired) electrons. The number of nitrogens with zero attached hydrogens (tertiary/aromatic N) is 1. The Morgan fingerprint density at radius 3 is 2.50 bits per heavy atom. The van der Waals surface area contributed by atoms with Crippen molar-refractivity contribution in [3.05, 3.63) is 69.2 Å². The Bertz CT molecular complexity index is 1000. The second kappa shape index (κ2) is 10.1. The number of halogens is 1. The third-order valence-electron chi connectivity index (χ3n) is 4.92. The summed E-state index contributed by atoms with van der Waals surface area (Å²) in [6.07, 6.45) is 5.69. The summed E-state index contributed by atoms with van der Waals surface area (Å²) in [6.45, 7) is 0.279. The molecule has 1 amide bonds. The summed E-state index contributed by atoms with van der Waals surface area (Å²) in [6, 6.07) is 13.9. The second-order valence-corrected chi connectivity index (χ2v) is 7.96. The Morgan fingerprint density at radius 1 is 1.20 bits per heavy atom. The lowest BCUT2D eigenvalue weighted by atomic mass is 10.1. The first-order valence-electron chi connectivity index (χ1n) is 9.63. The fraction of sp³-hybridized carbons (Fsp3) is 0.261. The van der Waals surface area contributed by atoms with E-state index >= 15 is 0 Å². The summed E-state index contributed by atoms with van der Waals surface area (Å²) >= 11 is 3.46. The second-order valence-electron chi connectivity index (χ2n) is 7.11. The van der Waals surface area contributed by atoms with Crippen LogP contribution in [0.5, 0.6) is 5.75 Å². The SMILES string of the molecule is N#C/C(=C/c1ccc(OCc2ccc(C(=O)O)cc2)c(Br)c1)C(=O)NC1CCCC1. The van der Waals surface area contributed by atoms with Crippen molar-refractivity contribution in [3.63, 3.8) is 0 Å². The molecule has 154 valence electrons. The van der Waals surface area contributed by atoms with Gasteiger partial charge in [0.05, 0.1) is 10.0 Å². The molecule has 3 rings (SSSR count). The molecule has 2 aromatic carbocycles. The molecule has 2 N–H and O–H groups in total. The normalized spacial score (nSPS) is 14.2. The van der Waals surface area contributed by atoms with Gasteiger partial charge in [-0.25, -0.2) is 4.79 Å². The Morgan fingerprint density at radius 2 is 1.90 bits per heavy atom. The van der Waals surface area contributed by atoms with Gasteiger partial charge in [0, 0.05) is 6.04 Å². The number of carbonyl (C=O) groups excluding carboxylic acids is 1. The molecule has 6 nitrogen and oxygen atoms in total. The van der Waals surface area contributed by atoms with Crippen LogP contribution in [0.25, 0.3) is 6.08 Å². The van der Waals surface area contributed by atoms with E-state index in [1.54, 1.807) is 36.4 Å². The maximum atomic E-state index is 12.3. The van der Waals surface area contributed by atoms with Gasteiger partial charge in [-0.15, -0.1) is 0 Å². The molecule has 1 fully saturated rings. The highest BCUT2D eigenvalue weighted by atomic mass is 79.9. The van der Waals surface area contributed by atoms with Crippen molar-refractivity contribution in [3.8, 4) is 11.8 Å². The lowest BCUT2D eigenvalue weighted by Gasteiger charge is -2.11. The van der Waals surface area contributed by atoms with Crippen LogP contribution < -0.4 is 10.1 Å². The van der Waals surface area contributed by atoms with Crippen LogP contribution in [-0.4, -0.2) is 23.0 Å². The number of carboxylic acids is 1. The molecule has 0 heterocycles. The monoisotopic (exact) mass is 468 g/mol. The summed E-state index contributed by atoms with van der Waals surface area (Å²) in [5, 5.41) is 21.2. The minimum atomic E-state index is -0.970. The Balaban J connectivity index is 1.64. The lowest BCUT2D eigenvalue weighted by Crippen LogP contribution is -2.33. The third-order valence-corrected chi connectivity index (χ3v) is 5.54. The predicted octanol–water partition coefficient (Wildman–Crippen LogP) is 4.69. The van der Waals surface area contributed by atoms with Crippen LogP contribution in [0.15, 0.2) is 52.5 Å². The van der Waals surface area contributed by atoms with Gasteiger partial charge in [0.25, 0.3) is 5.91 Å². The van der Waals surface area contributed by atoms with Crippen molar-refractivity contribution in [2.75, 3.05) is 0 Å². The van der Waals surface area contributed by atoms with Crippen LogP contribution in [-0.2, 0) is 11.4 Å². The highest BCUT2D eigenvalue weighted by Crippen LogP contribution is 2.28. The van der Waals surface area contributed by atoms with Crippen LogP contribution in [0.4, 0.5) is 0 Å². The molecular weight excluding hydrogens is 448 g/mol. The highest BCUT2D eigenvalue weighted by Gasteiger charge is 2.19. The molecule has 1 aliphatic rings. The van der Waals surface area contributed by atoms with Crippen molar-refractivity contribution >= 4 is 33.9 Å². The van der Waals surface area contributed by atoms with Crippen molar-refractivity contribution in [1.29, 1.82) is 5.26 Å². The fourth-order valence-corrected chi connectivity index (χ4v) is 3.79. The molecule has 1 aliphatic carbocycles. The first-order chi connectivity index (χ1) is 14.5. The van der Waals surface area contributed by atoms with Gasteiger partial charge in [0.15, 0.2) is 0 Å². The average molecular weight is 469 g/mol. The van der Waals surface area contributed by atoms with E-state index in [9.17, 15) is 14.9 Å². The quantitative estimate of drug-likeness (QED) is 0.453. The maximum Gasteiger partial charge on any atom is 0.335 e. The van der Waals surface area contributed by atoms with E-state index in [-0.39, 0.29) is 29.7 Å². The molecule has 0 unspecified atom stereocenters. The number of aromatic carboxylic acids is 1. The van der Waals surface area contributed by atoms with E-state index in [1.807, 2.05) is 6.07 Å². The zero-order chi connectivity index (χ0) is 21.5. The van der Waals surface area contributed by atoms with Crippen LogP contribution in [0.1, 0.15) is 47.2 Å². The Hall–Kier alpha value is -3.11. The maximum absolute atomic E-state index is 12.3. The number of hydrogen-bond donors (Lipinski definition) is 2. The van der Waals surface area contributed by atoms with Gasteiger partial charge in [-0.1, -0.05) is 31.0 Å². The molecular formula is C23H21BrN2O4. The topological polar surface area (TPSA) is 99.4 Å². The van der Waals surface area contributed by atoms with E-state index < -0.39 is 5.97 Å². The molecule has 1 saturated carbocycles. The number of amides is 1. The molecule has 0 bridgehead atoms. The van der Waals surface area contributed by atoms with Gasteiger partial charge in [0.1, 0.15) is 24.0 Å². The molecule has 0 spiro atoms. The molecule has 7 heteroatoms. The summed E-state index contributed by atoms with van der Waals surface area (Å²) in [4.78, 5) is 23.2.